The van der Waals surface area contributed by atoms with Gasteiger partial charge in [0, 0.05) is 16.5 Å². The molecule has 0 fully saturated rings. The predicted molar refractivity (Wildman–Crippen MR) is 126 cm³/mol. The molecule has 1 aromatic carbocycles. The zero-order valence-corrected chi connectivity index (χ0v) is 19.5. The van der Waals surface area contributed by atoms with Gasteiger partial charge < -0.3 is 19.0 Å². The third kappa shape index (κ3) is 4.72. The molecule has 0 aliphatic heterocycles. The van der Waals surface area contributed by atoms with Crippen LogP contribution in [0, 0.1) is 6.92 Å². The fourth-order valence-electron chi connectivity index (χ4n) is 2.76. The van der Waals surface area contributed by atoms with E-state index in [9.17, 15) is 0 Å². The van der Waals surface area contributed by atoms with Gasteiger partial charge in [-0.2, -0.15) is 4.98 Å². The largest absolute Gasteiger partial charge is 0.334 e. The lowest BCUT2D eigenvalue weighted by molar-refractivity contribution is 0.339. The van der Waals surface area contributed by atoms with Gasteiger partial charge in [0.15, 0.2) is 5.82 Å². The first-order valence-electron chi connectivity index (χ1n) is 10.0. The third-order valence-corrected chi connectivity index (χ3v) is 8.98. The summed E-state index contributed by atoms with van der Waals surface area (Å²) in [6.45, 7) is 8.99. The van der Waals surface area contributed by atoms with Crippen LogP contribution in [-0.2, 0) is 10.8 Å². The van der Waals surface area contributed by atoms with Crippen molar-refractivity contribution in [1.29, 1.82) is 0 Å². The third-order valence-electron chi connectivity index (χ3n) is 5.32. The fourth-order valence-corrected chi connectivity index (χ4v) is 3.55. The quantitative estimate of drug-likeness (QED) is 0.416. The average Bonchev–Trinajstić information content (AvgIpc) is 3.30. The zero-order chi connectivity index (χ0) is 22.2. The van der Waals surface area contributed by atoms with Crippen molar-refractivity contribution < 1.29 is 8.71 Å². The molecule has 2 N–H and O–H groups in total. The van der Waals surface area contributed by atoms with Crippen LogP contribution in [0.5, 0.6) is 0 Å². The molecule has 0 aliphatic carbocycles. The second-order valence-electron chi connectivity index (χ2n) is 8.75. The Bertz CT molecular complexity index is 1210. The fraction of sp³-hybridized carbons (Fsp3) is 0.364. The highest BCUT2D eigenvalue weighted by molar-refractivity contribution is 8.29. The molecule has 8 nitrogen and oxygen atoms in total. The van der Waals surface area contributed by atoms with E-state index in [1.54, 1.807) is 13.1 Å². The summed E-state index contributed by atoms with van der Waals surface area (Å²) in [5.74, 6) is 2.40. The summed E-state index contributed by atoms with van der Waals surface area (Å²) in [6, 6.07) is 9.73. The SMILES string of the molecule is Cc1noc(-c2ccc3nc(Nc4cc(COS(C)(C)C(C)(C)C)ccn4)[nH]c3c2)n1. The number of nitrogens with one attached hydrogen (secondary N) is 2. The van der Waals surface area contributed by atoms with E-state index in [1.807, 2.05) is 30.3 Å². The second kappa shape index (κ2) is 7.97. The molecule has 3 heterocycles. The summed E-state index contributed by atoms with van der Waals surface area (Å²) < 4.78 is 11.6. The zero-order valence-electron chi connectivity index (χ0n) is 18.7. The molecule has 4 rings (SSSR count). The standard InChI is InChI=1S/C22H28N6O2S/c1-14-24-20(30-28-14)16-7-8-17-18(12-16)26-21(25-17)27-19-11-15(9-10-23-19)13-29-31(5,6)22(2,3)4/h7-12H,13H2,1-6H3,(H2,23,25,26,27). The number of H-pyrrole nitrogens is 1. The van der Waals surface area contributed by atoms with Crippen LogP contribution in [0.3, 0.4) is 0 Å². The van der Waals surface area contributed by atoms with Gasteiger partial charge in [0.25, 0.3) is 5.89 Å². The number of hydrogen-bond acceptors (Lipinski definition) is 7. The smallest absolute Gasteiger partial charge is 0.257 e. The van der Waals surface area contributed by atoms with E-state index in [1.165, 1.54) is 0 Å². The summed E-state index contributed by atoms with van der Waals surface area (Å²) in [5.41, 5.74) is 3.60. The predicted octanol–water partition coefficient (Wildman–Crippen LogP) is 5.35. The highest BCUT2D eigenvalue weighted by Crippen LogP contribution is 2.54. The van der Waals surface area contributed by atoms with Crippen LogP contribution in [0.4, 0.5) is 11.8 Å². The van der Waals surface area contributed by atoms with Crippen molar-refractivity contribution in [3.05, 3.63) is 47.9 Å². The first kappa shape index (κ1) is 21.3. The number of anilines is 2. The summed E-state index contributed by atoms with van der Waals surface area (Å²) in [6.07, 6.45) is 6.18. The molecule has 31 heavy (non-hydrogen) atoms. The van der Waals surface area contributed by atoms with Gasteiger partial charge in [-0.3, -0.25) is 0 Å². The molecule has 0 bridgehead atoms. The van der Waals surface area contributed by atoms with Gasteiger partial charge in [-0.15, -0.1) is 10.3 Å². The Kier molecular flexibility index (Phi) is 5.49. The molecule has 164 valence electrons. The monoisotopic (exact) mass is 440 g/mol. The number of hydrogen-bond donors (Lipinski definition) is 2. The van der Waals surface area contributed by atoms with E-state index >= 15 is 0 Å². The molecule has 0 unspecified atom stereocenters. The lowest BCUT2D eigenvalue weighted by atomic mass is 10.2. The van der Waals surface area contributed by atoms with Gasteiger partial charge in [-0.05, 0) is 55.3 Å². The number of benzene rings is 1. The highest BCUT2D eigenvalue weighted by Gasteiger charge is 2.28. The summed E-state index contributed by atoms with van der Waals surface area (Å²) in [4.78, 5) is 16.6. The number of aryl methyl sites for hydroxylation is 1. The molecule has 9 heteroatoms. The van der Waals surface area contributed by atoms with Crippen molar-refractivity contribution in [3.8, 4) is 11.5 Å². The Hall–Kier alpha value is -2.91. The van der Waals surface area contributed by atoms with Gasteiger partial charge in [0.2, 0.25) is 5.95 Å². The first-order valence-corrected chi connectivity index (χ1v) is 12.4. The topological polar surface area (TPSA) is 102 Å². The van der Waals surface area contributed by atoms with Crippen molar-refractivity contribution >= 4 is 33.1 Å². The Morgan fingerprint density at radius 3 is 2.65 bits per heavy atom. The highest BCUT2D eigenvalue weighted by atomic mass is 32.3. The van der Waals surface area contributed by atoms with Crippen molar-refractivity contribution in [2.75, 3.05) is 17.8 Å². The molecule has 0 atom stereocenters. The maximum absolute atomic E-state index is 6.27. The molecule has 0 aliphatic rings. The molecule has 0 spiro atoms. The Morgan fingerprint density at radius 2 is 1.94 bits per heavy atom. The van der Waals surface area contributed by atoms with Crippen molar-refractivity contribution in [1.82, 2.24) is 25.1 Å². The molecule has 0 saturated heterocycles. The minimum Gasteiger partial charge on any atom is -0.334 e. The summed E-state index contributed by atoms with van der Waals surface area (Å²) >= 11 is 0. The Labute approximate surface area is 183 Å². The Balaban J connectivity index is 1.49. The van der Waals surface area contributed by atoms with Crippen LogP contribution in [-0.4, -0.2) is 42.4 Å². The van der Waals surface area contributed by atoms with Gasteiger partial charge in [-0.1, -0.05) is 25.9 Å². The number of fused-ring (bicyclic) bond motifs is 1. The van der Waals surface area contributed by atoms with Gasteiger partial charge in [-0.25, -0.2) is 9.97 Å². The van der Waals surface area contributed by atoms with Crippen LogP contribution >= 0.6 is 10.3 Å². The lowest BCUT2D eigenvalue weighted by Crippen LogP contribution is -2.24. The van der Waals surface area contributed by atoms with Gasteiger partial charge >= 0.3 is 0 Å². The van der Waals surface area contributed by atoms with Crippen molar-refractivity contribution in [2.24, 2.45) is 0 Å². The maximum Gasteiger partial charge on any atom is 0.257 e. The number of rotatable bonds is 6. The van der Waals surface area contributed by atoms with Crippen LogP contribution < -0.4 is 5.32 Å². The molecule has 4 aromatic rings. The minimum atomic E-state index is -1.19. The average molecular weight is 441 g/mol. The minimum absolute atomic E-state index is 0.119. The van der Waals surface area contributed by atoms with E-state index < -0.39 is 10.3 Å². The number of aromatic amines is 1. The van der Waals surface area contributed by atoms with Gasteiger partial charge in [0.1, 0.15) is 5.82 Å². The lowest BCUT2D eigenvalue weighted by Gasteiger charge is -2.43. The van der Waals surface area contributed by atoms with E-state index in [2.05, 4.69) is 63.7 Å². The van der Waals surface area contributed by atoms with Crippen LogP contribution in [0.15, 0.2) is 41.1 Å². The molecule has 3 aromatic heterocycles. The molecular formula is C22H28N6O2S. The van der Waals surface area contributed by atoms with E-state index in [0.29, 0.717) is 30.1 Å². The number of aromatic nitrogens is 5. The van der Waals surface area contributed by atoms with Crippen LogP contribution in [0.25, 0.3) is 22.5 Å². The second-order valence-corrected chi connectivity index (χ2v) is 12.7. The molecule has 0 saturated carbocycles. The van der Waals surface area contributed by atoms with Crippen LogP contribution in [0.1, 0.15) is 32.2 Å². The van der Waals surface area contributed by atoms with E-state index in [-0.39, 0.29) is 4.75 Å². The van der Waals surface area contributed by atoms with Crippen molar-refractivity contribution in [3.63, 3.8) is 0 Å². The van der Waals surface area contributed by atoms with E-state index in [4.69, 9.17) is 8.71 Å². The normalized spacial score (nSPS) is 13.0. The molecular weight excluding hydrogens is 412 g/mol. The summed E-state index contributed by atoms with van der Waals surface area (Å²) in [5, 5.41) is 7.09. The number of imidazole rings is 1. The summed E-state index contributed by atoms with van der Waals surface area (Å²) in [7, 11) is -1.19. The maximum atomic E-state index is 6.27. The molecule has 0 amide bonds. The number of pyridine rings is 1. The van der Waals surface area contributed by atoms with E-state index in [0.717, 1.165) is 22.2 Å². The van der Waals surface area contributed by atoms with Crippen molar-refractivity contribution in [2.45, 2.75) is 39.0 Å². The number of nitrogens with zero attached hydrogens (tertiary/aromatic N) is 4. The van der Waals surface area contributed by atoms with Gasteiger partial charge in [0.05, 0.1) is 17.6 Å². The first-order chi connectivity index (χ1) is 14.6. The Morgan fingerprint density at radius 1 is 1.13 bits per heavy atom. The van der Waals surface area contributed by atoms with Crippen LogP contribution in [0.2, 0.25) is 0 Å². The molecule has 0 radical (unpaired) electrons.